The Morgan fingerprint density at radius 1 is 1.46 bits per heavy atom. The van der Waals surface area contributed by atoms with Gasteiger partial charge in [0.05, 0.1) is 31.0 Å². The van der Waals surface area contributed by atoms with Gasteiger partial charge >= 0.3 is 0 Å². The average molecular weight is 359 g/mol. The summed E-state index contributed by atoms with van der Waals surface area (Å²) in [4.78, 5) is 18.8. The van der Waals surface area contributed by atoms with Gasteiger partial charge in [-0.15, -0.1) is 0 Å². The molecule has 3 rings (SSSR count). The molecule has 8 nitrogen and oxygen atoms in total. The van der Waals surface area contributed by atoms with Crippen LogP contribution in [0.3, 0.4) is 0 Å². The number of amides is 1. The first-order valence-corrected chi connectivity index (χ1v) is 8.74. The number of pyridine rings is 1. The zero-order chi connectivity index (χ0) is 18.7. The van der Waals surface area contributed by atoms with Gasteiger partial charge in [0.1, 0.15) is 11.5 Å². The van der Waals surface area contributed by atoms with Gasteiger partial charge in [0.25, 0.3) is 5.91 Å². The quantitative estimate of drug-likeness (QED) is 0.809. The summed E-state index contributed by atoms with van der Waals surface area (Å²) in [7, 11) is 3.45. The van der Waals surface area contributed by atoms with Crippen molar-refractivity contribution in [1.82, 2.24) is 19.7 Å². The molecule has 0 spiro atoms. The van der Waals surface area contributed by atoms with E-state index in [1.807, 2.05) is 20.0 Å². The van der Waals surface area contributed by atoms with E-state index in [9.17, 15) is 9.90 Å². The van der Waals surface area contributed by atoms with Gasteiger partial charge < -0.3 is 20.1 Å². The smallest absolute Gasteiger partial charge is 0.272 e. The number of aliphatic hydroxyl groups excluding tert-OH is 1. The van der Waals surface area contributed by atoms with Crippen molar-refractivity contribution in [3.05, 3.63) is 35.2 Å². The topological polar surface area (TPSA) is 92.5 Å². The molecule has 0 saturated carbocycles. The minimum atomic E-state index is -0.139. The number of hydrogen-bond donors (Lipinski definition) is 2. The van der Waals surface area contributed by atoms with Crippen LogP contribution in [0.25, 0.3) is 0 Å². The van der Waals surface area contributed by atoms with Gasteiger partial charge in [-0.05, 0) is 31.9 Å². The molecule has 8 heteroatoms. The molecule has 0 bridgehead atoms. The van der Waals surface area contributed by atoms with Crippen LogP contribution >= 0.6 is 0 Å². The second kappa shape index (κ2) is 7.74. The number of likely N-dealkylation sites (tertiary alicyclic amines) is 1. The highest BCUT2D eigenvalue weighted by Gasteiger charge is 2.29. The van der Waals surface area contributed by atoms with E-state index < -0.39 is 0 Å². The Kier molecular flexibility index (Phi) is 5.41. The molecule has 140 valence electrons. The molecule has 1 aliphatic rings. The number of carbonyl (C=O) groups excluding carboxylic acids is 1. The normalized spacial score (nSPS) is 16.8. The van der Waals surface area contributed by atoms with Crippen LogP contribution < -0.4 is 10.1 Å². The predicted octanol–water partition coefficient (Wildman–Crippen LogP) is 1.34. The van der Waals surface area contributed by atoms with E-state index in [0.717, 1.165) is 24.1 Å². The number of aromatic nitrogens is 3. The molecule has 1 amide bonds. The van der Waals surface area contributed by atoms with Gasteiger partial charge in [-0.3, -0.25) is 4.79 Å². The second-order valence-corrected chi connectivity index (χ2v) is 6.44. The fourth-order valence-electron chi connectivity index (χ4n) is 3.41. The van der Waals surface area contributed by atoms with Crippen LogP contribution in [0.4, 0.5) is 5.82 Å². The van der Waals surface area contributed by atoms with Gasteiger partial charge in [-0.1, -0.05) is 6.07 Å². The Balaban J connectivity index is 1.73. The Morgan fingerprint density at radius 2 is 2.27 bits per heavy atom. The number of hydrogen-bond acceptors (Lipinski definition) is 6. The molecule has 0 aromatic carbocycles. The molecular formula is C18H25N5O3. The van der Waals surface area contributed by atoms with Crippen LogP contribution in [-0.4, -0.2) is 57.0 Å². The molecular weight excluding hydrogens is 334 g/mol. The van der Waals surface area contributed by atoms with E-state index in [1.165, 1.54) is 0 Å². The van der Waals surface area contributed by atoms with E-state index in [-0.39, 0.29) is 18.6 Å². The van der Waals surface area contributed by atoms with E-state index in [1.54, 1.807) is 28.8 Å². The average Bonchev–Trinajstić information content (AvgIpc) is 3.23. The van der Waals surface area contributed by atoms with Crippen molar-refractivity contribution in [3.8, 4) is 5.88 Å². The minimum absolute atomic E-state index is 0.0102. The molecule has 2 aromatic heterocycles. The summed E-state index contributed by atoms with van der Waals surface area (Å²) >= 11 is 0. The number of nitrogens with one attached hydrogen (secondary N) is 1. The molecule has 1 aliphatic heterocycles. The lowest BCUT2D eigenvalue weighted by Crippen LogP contribution is -2.38. The third-order valence-corrected chi connectivity index (χ3v) is 4.75. The monoisotopic (exact) mass is 359 g/mol. The van der Waals surface area contributed by atoms with E-state index in [0.29, 0.717) is 30.5 Å². The van der Waals surface area contributed by atoms with Crippen LogP contribution in [0.2, 0.25) is 0 Å². The van der Waals surface area contributed by atoms with Gasteiger partial charge in [-0.2, -0.15) is 5.10 Å². The molecule has 1 fully saturated rings. The summed E-state index contributed by atoms with van der Waals surface area (Å²) in [5.41, 5.74) is 2.21. The first kappa shape index (κ1) is 18.2. The molecule has 1 atom stereocenters. The highest BCUT2D eigenvalue weighted by Crippen LogP contribution is 2.23. The summed E-state index contributed by atoms with van der Waals surface area (Å²) in [6, 6.07) is 5.22. The lowest BCUT2D eigenvalue weighted by molar-refractivity contribution is 0.0672. The van der Waals surface area contributed by atoms with Crippen molar-refractivity contribution in [3.63, 3.8) is 0 Å². The second-order valence-electron chi connectivity index (χ2n) is 6.44. The largest absolute Gasteiger partial charge is 0.481 e. The van der Waals surface area contributed by atoms with E-state index in [2.05, 4.69) is 15.4 Å². The van der Waals surface area contributed by atoms with Gasteiger partial charge in [0.2, 0.25) is 5.88 Å². The van der Waals surface area contributed by atoms with Crippen LogP contribution in [0, 0.1) is 6.92 Å². The Morgan fingerprint density at radius 3 is 3.00 bits per heavy atom. The first-order chi connectivity index (χ1) is 12.5. The molecule has 3 heterocycles. The maximum absolute atomic E-state index is 12.7. The van der Waals surface area contributed by atoms with Crippen molar-refractivity contribution in [2.75, 3.05) is 25.6 Å². The standard InChI is InChI=1S/C18H25N5O3/c1-12-14(18(26-3)22(2)21-12)10-19-16-8-4-7-15(20-16)17(25)23-9-5-6-13(23)11-24/h4,7-8,13,24H,5-6,9-11H2,1-3H3,(H,19,20). The highest BCUT2D eigenvalue weighted by molar-refractivity contribution is 5.93. The highest BCUT2D eigenvalue weighted by atomic mass is 16.5. The fourth-order valence-corrected chi connectivity index (χ4v) is 3.41. The third kappa shape index (κ3) is 3.50. The lowest BCUT2D eigenvalue weighted by Gasteiger charge is -2.22. The Hall–Kier alpha value is -2.61. The van der Waals surface area contributed by atoms with Crippen LogP contribution in [0.1, 0.15) is 34.6 Å². The van der Waals surface area contributed by atoms with E-state index in [4.69, 9.17) is 4.74 Å². The predicted molar refractivity (Wildman–Crippen MR) is 97.2 cm³/mol. The summed E-state index contributed by atoms with van der Waals surface area (Å²) in [6.07, 6.45) is 1.75. The SMILES string of the molecule is COc1c(CNc2cccc(C(=O)N3CCCC3CO)n2)c(C)nn1C. The number of rotatable bonds is 6. The zero-order valence-electron chi connectivity index (χ0n) is 15.4. The summed E-state index contributed by atoms with van der Waals surface area (Å²) in [5, 5.41) is 17.0. The maximum Gasteiger partial charge on any atom is 0.272 e. The van der Waals surface area contributed by atoms with Crippen LogP contribution in [0.5, 0.6) is 5.88 Å². The number of aryl methyl sites for hydroxylation is 2. The molecule has 0 radical (unpaired) electrons. The maximum atomic E-state index is 12.7. The van der Waals surface area contributed by atoms with Crippen LogP contribution in [0.15, 0.2) is 18.2 Å². The van der Waals surface area contributed by atoms with Crippen molar-refractivity contribution in [2.45, 2.75) is 32.4 Å². The van der Waals surface area contributed by atoms with Gasteiger partial charge in [0.15, 0.2) is 0 Å². The molecule has 2 N–H and O–H groups in total. The molecule has 1 unspecified atom stereocenters. The van der Waals surface area contributed by atoms with Crippen molar-refractivity contribution in [1.29, 1.82) is 0 Å². The summed E-state index contributed by atoms with van der Waals surface area (Å²) in [5.74, 6) is 1.17. The van der Waals surface area contributed by atoms with Crippen molar-refractivity contribution < 1.29 is 14.6 Å². The van der Waals surface area contributed by atoms with Crippen LogP contribution in [-0.2, 0) is 13.6 Å². The third-order valence-electron chi connectivity index (χ3n) is 4.75. The number of carbonyl (C=O) groups is 1. The molecule has 1 saturated heterocycles. The van der Waals surface area contributed by atoms with Gasteiger partial charge in [0, 0.05) is 20.1 Å². The Bertz CT molecular complexity index is 789. The number of anilines is 1. The first-order valence-electron chi connectivity index (χ1n) is 8.74. The molecule has 0 aliphatic carbocycles. The number of aliphatic hydroxyl groups is 1. The number of nitrogens with zero attached hydrogens (tertiary/aromatic N) is 4. The van der Waals surface area contributed by atoms with Gasteiger partial charge in [-0.25, -0.2) is 9.67 Å². The summed E-state index contributed by atoms with van der Waals surface area (Å²) < 4.78 is 7.09. The number of ether oxygens (including phenoxy) is 1. The fraction of sp³-hybridized carbons (Fsp3) is 0.500. The molecule has 26 heavy (non-hydrogen) atoms. The Labute approximate surface area is 152 Å². The van der Waals surface area contributed by atoms with Crippen molar-refractivity contribution >= 4 is 11.7 Å². The number of methoxy groups -OCH3 is 1. The van der Waals surface area contributed by atoms with Crippen molar-refractivity contribution in [2.24, 2.45) is 7.05 Å². The zero-order valence-corrected chi connectivity index (χ0v) is 15.4. The lowest BCUT2D eigenvalue weighted by atomic mass is 10.2. The summed E-state index contributed by atoms with van der Waals surface area (Å²) in [6.45, 7) is 3.07. The molecule has 2 aromatic rings. The van der Waals surface area contributed by atoms with E-state index >= 15 is 0 Å². The minimum Gasteiger partial charge on any atom is -0.481 e.